The molecule has 0 fully saturated rings. The lowest BCUT2D eigenvalue weighted by Gasteiger charge is -1.78. The molecule has 1 aromatic heterocycles. The fourth-order valence-electron chi connectivity index (χ4n) is 0.255. The standard InChI is InChI=1S/C2H2N5S/c3-1(8)2-4-6-7-5-2/h3H,(H,4,5,6,7). The number of hydrogen-bond acceptors (Lipinski definition) is 4. The average molecular weight is 128 g/mol. The second-order valence-electron chi connectivity index (χ2n) is 1.08. The molecule has 0 bridgehead atoms. The number of aromatic nitrogens is 4. The van der Waals surface area contributed by atoms with Crippen LogP contribution in [0.5, 0.6) is 0 Å². The van der Waals surface area contributed by atoms with E-state index in [0.29, 0.717) is 0 Å². The van der Waals surface area contributed by atoms with Gasteiger partial charge in [-0.25, -0.2) is 5.10 Å². The fraction of sp³-hybridized carbons (Fsp3) is 0. The SMILES string of the molecule is [NH]C(=S)c1nnn[nH]1. The smallest absolute Gasteiger partial charge is 0.208 e. The number of thiocarbonyl (C=S) groups is 1. The van der Waals surface area contributed by atoms with Crippen molar-refractivity contribution in [3.8, 4) is 0 Å². The van der Waals surface area contributed by atoms with E-state index in [1.807, 2.05) is 0 Å². The normalized spacial score (nSPS) is 9.00. The summed E-state index contributed by atoms with van der Waals surface area (Å²) in [6.45, 7) is 0. The van der Waals surface area contributed by atoms with E-state index in [-0.39, 0.29) is 10.8 Å². The topological polar surface area (TPSA) is 78.3 Å². The maximum Gasteiger partial charge on any atom is 0.208 e. The first-order valence-corrected chi connectivity index (χ1v) is 2.21. The molecule has 0 aromatic carbocycles. The highest BCUT2D eigenvalue weighted by Gasteiger charge is 1.97. The quantitative estimate of drug-likeness (QED) is 0.500. The Balaban J connectivity index is 2.93. The van der Waals surface area contributed by atoms with Crippen LogP contribution in [-0.4, -0.2) is 25.6 Å². The van der Waals surface area contributed by atoms with Crippen LogP contribution in [0.2, 0.25) is 0 Å². The van der Waals surface area contributed by atoms with Crippen molar-refractivity contribution in [2.24, 2.45) is 0 Å². The minimum absolute atomic E-state index is 0.0741. The largest absolute Gasteiger partial charge is 0.287 e. The molecule has 0 atom stereocenters. The summed E-state index contributed by atoms with van der Waals surface area (Å²) in [6, 6.07) is 0. The molecule has 41 valence electrons. The number of H-pyrrole nitrogens is 1. The molecule has 0 spiro atoms. The van der Waals surface area contributed by atoms with E-state index in [0.717, 1.165) is 0 Å². The van der Waals surface area contributed by atoms with Gasteiger partial charge in [-0.1, -0.05) is 12.2 Å². The third kappa shape index (κ3) is 0.784. The van der Waals surface area contributed by atoms with Crippen LogP contribution in [0.15, 0.2) is 0 Å². The van der Waals surface area contributed by atoms with Crippen LogP contribution in [0.3, 0.4) is 0 Å². The van der Waals surface area contributed by atoms with Gasteiger partial charge in [0.15, 0.2) is 4.99 Å². The Hall–Kier alpha value is -1.04. The zero-order valence-electron chi connectivity index (χ0n) is 3.75. The van der Waals surface area contributed by atoms with E-state index in [2.05, 4.69) is 32.8 Å². The Morgan fingerprint density at radius 2 is 2.50 bits per heavy atom. The van der Waals surface area contributed by atoms with E-state index in [1.54, 1.807) is 0 Å². The van der Waals surface area contributed by atoms with Crippen LogP contribution in [0, 0.1) is 0 Å². The van der Waals surface area contributed by atoms with Crippen LogP contribution in [-0.2, 0) is 0 Å². The maximum absolute atomic E-state index is 6.79. The Morgan fingerprint density at radius 3 is 2.75 bits per heavy atom. The molecule has 0 unspecified atom stereocenters. The number of nitrogens with one attached hydrogen (secondary N) is 2. The van der Waals surface area contributed by atoms with Crippen molar-refractivity contribution in [1.29, 1.82) is 0 Å². The van der Waals surface area contributed by atoms with E-state index in [9.17, 15) is 0 Å². The van der Waals surface area contributed by atoms with E-state index in [1.165, 1.54) is 0 Å². The summed E-state index contributed by atoms with van der Waals surface area (Å²) in [6.07, 6.45) is 0. The van der Waals surface area contributed by atoms with Gasteiger partial charge < -0.3 is 0 Å². The molecule has 1 aromatic rings. The fourth-order valence-corrected chi connectivity index (χ4v) is 0.342. The van der Waals surface area contributed by atoms with E-state index >= 15 is 0 Å². The van der Waals surface area contributed by atoms with Gasteiger partial charge >= 0.3 is 0 Å². The molecule has 8 heavy (non-hydrogen) atoms. The molecule has 5 nitrogen and oxygen atoms in total. The lowest BCUT2D eigenvalue weighted by atomic mass is 10.6. The molecule has 0 aliphatic heterocycles. The minimum atomic E-state index is -0.0741. The lowest BCUT2D eigenvalue weighted by molar-refractivity contribution is 0.881. The van der Waals surface area contributed by atoms with E-state index in [4.69, 9.17) is 5.73 Å². The Bertz CT molecular complexity index is 178. The van der Waals surface area contributed by atoms with Gasteiger partial charge in [-0.2, -0.15) is 0 Å². The summed E-state index contributed by atoms with van der Waals surface area (Å²) < 4.78 is 0. The minimum Gasteiger partial charge on any atom is -0.287 e. The molecule has 6 heteroatoms. The summed E-state index contributed by atoms with van der Waals surface area (Å²) in [5.74, 6) is 0.236. The molecule has 0 aliphatic rings. The molecular weight excluding hydrogens is 126 g/mol. The van der Waals surface area contributed by atoms with Crippen molar-refractivity contribution in [1.82, 2.24) is 26.4 Å². The predicted molar refractivity (Wildman–Crippen MR) is 29.0 cm³/mol. The van der Waals surface area contributed by atoms with E-state index < -0.39 is 0 Å². The maximum atomic E-state index is 6.79. The van der Waals surface area contributed by atoms with Crippen molar-refractivity contribution in [2.75, 3.05) is 0 Å². The predicted octanol–water partition coefficient (Wildman–Crippen LogP) is -0.842. The highest BCUT2D eigenvalue weighted by atomic mass is 32.1. The van der Waals surface area contributed by atoms with Crippen LogP contribution < -0.4 is 5.73 Å². The van der Waals surface area contributed by atoms with Crippen LogP contribution >= 0.6 is 12.2 Å². The first-order valence-electron chi connectivity index (χ1n) is 1.80. The zero-order chi connectivity index (χ0) is 5.98. The molecule has 1 radical (unpaired) electrons. The second-order valence-corrected chi connectivity index (χ2v) is 1.49. The first-order chi connectivity index (χ1) is 3.80. The summed E-state index contributed by atoms with van der Waals surface area (Å²) in [7, 11) is 0. The van der Waals surface area contributed by atoms with Gasteiger partial charge in [-0.3, -0.25) is 5.73 Å². The molecule has 0 amide bonds. The Morgan fingerprint density at radius 1 is 1.75 bits per heavy atom. The van der Waals surface area contributed by atoms with Crippen LogP contribution in [0.1, 0.15) is 5.82 Å². The third-order valence-corrected chi connectivity index (χ3v) is 0.754. The molecule has 0 aliphatic carbocycles. The summed E-state index contributed by atoms with van der Waals surface area (Å²) >= 11 is 4.41. The van der Waals surface area contributed by atoms with Gasteiger partial charge in [0.1, 0.15) is 0 Å². The van der Waals surface area contributed by atoms with Gasteiger partial charge in [-0.15, -0.1) is 5.10 Å². The second kappa shape index (κ2) is 1.83. The highest BCUT2D eigenvalue weighted by Crippen LogP contribution is 1.80. The monoisotopic (exact) mass is 128 g/mol. The number of hydrogen-bond donors (Lipinski definition) is 1. The molecule has 1 rings (SSSR count). The van der Waals surface area contributed by atoms with Crippen molar-refractivity contribution >= 4 is 17.2 Å². The molecule has 1 heterocycles. The van der Waals surface area contributed by atoms with Crippen molar-refractivity contribution < 1.29 is 0 Å². The average Bonchev–Trinajstić information content (AvgIpc) is 2.12. The molecule has 0 saturated carbocycles. The van der Waals surface area contributed by atoms with Gasteiger partial charge in [0, 0.05) is 0 Å². The highest BCUT2D eigenvalue weighted by molar-refractivity contribution is 7.80. The Labute approximate surface area is 50.3 Å². The lowest BCUT2D eigenvalue weighted by Crippen LogP contribution is -1.99. The van der Waals surface area contributed by atoms with Crippen LogP contribution in [0.25, 0.3) is 0 Å². The van der Waals surface area contributed by atoms with Gasteiger partial charge in [0.25, 0.3) is 0 Å². The summed E-state index contributed by atoms with van der Waals surface area (Å²) in [5.41, 5.74) is 6.79. The van der Waals surface area contributed by atoms with Crippen molar-refractivity contribution in [3.63, 3.8) is 0 Å². The zero-order valence-corrected chi connectivity index (χ0v) is 4.57. The van der Waals surface area contributed by atoms with Gasteiger partial charge in [-0.05, 0) is 10.4 Å². The summed E-state index contributed by atoms with van der Waals surface area (Å²) in [4.78, 5) is -0.0741. The van der Waals surface area contributed by atoms with Gasteiger partial charge in [0.2, 0.25) is 5.82 Å². The molecule has 2 N–H and O–H groups in total. The Kier molecular flexibility index (Phi) is 1.17. The van der Waals surface area contributed by atoms with Crippen molar-refractivity contribution in [2.45, 2.75) is 0 Å². The van der Waals surface area contributed by atoms with Gasteiger partial charge in [0.05, 0.1) is 0 Å². The summed E-state index contributed by atoms with van der Waals surface area (Å²) in [5, 5.41) is 12.1. The number of tetrazole rings is 1. The number of aromatic amines is 1. The third-order valence-electron chi connectivity index (χ3n) is 0.560. The number of rotatable bonds is 1. The van der Waals surface area contributed by atoms with Crippen LogP contribution in [0.4, 0.5) is 0 Å². The number of nitrogens with zero attached hydrogens (tertiary/aromatic N) is 3. The van der Waals surface area contributed by atoms with Crippen molar-refractivity contribution in [3.05, 3.63) is 5.82 Å². The first kappa shape index (κ1) is 5.10. The molecule has 0 saturated heterocycles. The molecular formula is C2H2N5S.